The van der Waals surface area contributed by atoms with Crippen LogP contribution in [0.25, 0.3) is 11.3 Å². The van der Waals surface area contributed by atoms with E-state index >= 15 is 0 Å². The molecule has 1 heterocycles. The summed E-state index contributed by atoms with van der Waals surface area (Å²) in [6.07, 6.45) is 1.26. The molecule has 92 valence electrons. The Morgan fingerprint density at radius 2 is 1.72 bits per heavy atom. The van der Waals surface area contributed by atoms with Gasteiger partial charge in [-0.05, 0) is 24.3 Å². The summed E-state index contributed by atoms with van der Waals surface area (Å²) in [5.74, 6) is -1.03. The molecular formula is C12H6Cl3NO2. The summed E-state index contributed by atoms with van der Waals surface area (Å²) in [7, 11) is 0. The number of hydrogen-bond acceptors (Lipinski definition) is 2. The molecule has 1 aromatic heterocycles. The Morgan fingerprint density at radius 3 is 2.28 bits per heavy atom. The zero-order valence-corrected chi connectivity index (χ0v) is 11.1. The van der Waals surface area contributed by atoms with Crippen LogP contribution >= 0.6 is 34.8 Å². The van der Waals surface area contributed by atoms with Crippen LogP contribution in [-0.2, 0) is 0 Å². The molecule has 0 saturated carbocycles. The molecule has 0 bridgehead atoms. The number of carbonyl (C=O) groups is 1. The van der Waals surface area contributed by atoms with Crippen LogP contribution in [0.15, 0.2) is 30.5 Å². The van der Waals surface area contributed by atoms with Gasteiger partial charge in [-0.3, -0.25) is 4.98 Å². The summed E-state index contributed by atoms with van der Waals surface area (Å²) in [5.41, 5.74) is 1.24. The third-order valence-electron chi connectivity index (χ3n) is 2.30. The molecule has 18 heavy (non-hydrogen) atoms. The molecule has 0 unspecified atom stereocenters. The average Bonchev–Trinajstić information content (AvgIpc) is 2.34. The maximum Gasteiger partial charge on any atom is 0.337 e. The second kappa shape index (κ2) is 5.14. The highest BCUT2D eigenvalue weighted by atomic mass is 35.5. The van der Waals surface area contributed by atoms with E-state index in [1.807, 2.05) is 0 Å². The Kier molecular flexibility index (Phi) is 3.76. The van der Waals surface area contributed by atoms with E-state index in [-0.39, 0.29) is 5.56 Å². The van der Waals surface area contributed by atoms with Crippen LogP contribution in [0.2, 0.25) is 15.1 Å². The molecular weight excluding hydrogens is 296 g/mol. The summed E-state index contributed by atoms with van der Waals surface area (Å²) in [5, 5.41) is 9.90. The molecule has 0 fully saturated rings. The van der Waals surface area contributed by atoms with Gasteiger partial charge in [0, 0.05) is 11.8 Å². The number of nitrogens with zero attached hydrogens (tertiary/aromatic N) is 1. The molecule has 1 aromatic carbocycles. The number of carboxylic acids is 1. The largest absolute Gasteiger partial charge is 0.478 e. The fourth-order valence-electron chi connectivity index (χ4n) is 1.40. The maximum atomic E-state index is 10.7. The Bertz CT molecular complexity index is 611. The fraction of sp³-hybridized carbons (Fsp3) is 0. The number of halogens is 3. The highest BCUT2D eigenvalue weighted by Gasteiger charge is 2.10. The van der Waals surface area contributed by atoms with Crippen molar-refractivity contribution in [1.29, 1.82) is 0 Å². The molecule has 0 saturated heterocycles. The van der Waals surface area contributed by atoms with Gasteiger partial charge in [0.25, 0.3) is 0 Å². The molecule has 0 atom stereocenters. The quantitative estimate of drug-likeness (QED) is 0.836. The number of aromatic carboxylic acids is 1. The van der Waals surface area contributed by atoms with E-state index in [2.05, 4.69) is 4.98 Å². The zero-order valence-electron chi connectivity index (χ0n) is 8.82. The predicted octanol–water partition coefficient (Wildman–Crippen LogP) is 4.41. The van der Waals surface area contributed by atoms with Gasteiger partial charge in [-0.15, -0.1) is 0 Å². The van der Waals surface area contributed by atoms with Gasteiger partial charge in [0.15, 0.2) is 0 Å². The Labute approximate surface area is 118 Å². The van der Waals surface area contributed by atoms with Crippen LogP contribution in [0, 0.1) is 0 Å². The van der Waals surface area contributed by atoms with E-state index in [1.54, 1.807) is 12.1 Å². The first-order chi connectivity index (χ1) is 8.49. The van der Waals surface area contributed by atoms with E-state index in [0.29, 0.717) is 26.3 Å². The van der Waals surface area contributed by atoms with Gasteiger partial charge in [0.1, 0.15) is 0 Å². The van der Waals surface area contributed by atoms with Crippen molar-refractivity contribution in [1.82, 2.24) is 4.98 Å². The third kappa shape index (κ3) is 2.58. The highest BCUT2D eigenvalue weighted by molar-refractivity contribution is 6.44. The van der Waals surface area contributed by atoms with Crippen LogP contribution in [-0.4, -0.2) is 16.1 Å². The first-order valence-electron chi connectivity index (χ1n) is 4.83. The normalized spacial score (nSPS) is 10.4. The zero-order chi connectivity index (χ0) is 13.3. The van der Waals surface area contributed by atoms with Gasteiger partial charge in [-0.2, -0.15) is 0 Å². The predicted molar refractivity (Wildman–Crippen MR) is 71.7 cm³/mol. The molecule has 0 spiro atoms. The summed E-state index contributed by atoms with van der Waals surface area (Å²) in [4.78, 5) is 14.7. The molecule has 0 aliphatic heterocycles. The molecule has 2 aromatic rings. The van der Waals surface area contributed by atoms with E-state index in [9.17, 15) is 4.79 Å². The van der Waals surface area contributed by atoms with Gasteiger partial charge >= 0.3 is 5.97 Å². The van der Waals surface area contributed by atoms with Crippen LogP contribution in [0.1, 0.15) is 10.4 Å². The number of carboxylic acid groups (broad SMARTS) is 1. The van der Waals surface area contributed by atoms with Gasteiger partial charge < -0.3 is 5.11 Å². The molecule has 0 amide bonds. The molecule has 2 rings (SSSR count). The van der Waals surface area contributed by atoms with Crippen molar-refractivity contribution >= 4 is 40.8 Å². The smallest absolute Gasteiger partial charge is 0.337 e. The topological polar surface area (TPSA) is 50.2 Å². The Hall–Kier alpha value is -1.29. The first kappa shape index (κ1) is 13.1. The molecule has 0 radical (unpaired) electrons. The maximum absolute atomic E-state index is 10.7. The van der Waals surface area contributed by atoms with Crippen molar-refractivity contribution in [3.05, 3.63) is 51.1 Å². The molecule has 0 aliphatic carbocycles. The van der Waals surface area contributed by atoms with E-state index in [4.69, 9.17) is 39.9 Å². The van der Waals surface area contributed by atoms with Crippen molar-refractivity contribution < 1.29 is 9.90 Å². The number of pyridine rings is 1. The molecule has 3 nitrogen and oxygen atoms in total. The van der Waals surface area contributed by atoms with E-state index in [0.717, 1.165) is 0 Å². The minimum Gasteiger partial charge on any atom is -0.478 e. The summed E-state index contributed by atoms with van der Waals surface area (Å²) in [6.45, 7) is 0. The summed E-state index contributed by atoms with van der Waals surface area (Å²) >= 11 is 17.8. The van der Waals surface area contributed by atoms with Gasteiger partial charge in [-0.25, -0.2) is 4.79 Å². The first-order valence-corrected chi connectivity index (χ1v) is 5.96. The van der Waals surface area contributed by atoms with Crippen molar-refractivity contribution in [2.45, 2.75) is 0 Å². The number of aromatic nitrogens is 1. The third-order valence-corrected chi connectivity index (χ3v) is 3.33. The Balaban J connectivity index is 2.49. The summed E-state index contributed by atoms with van der Waals surface area (Å²) in [6, 6.07) is 6.13. The van der Waals surface area contributed by atoms with E-state index in [1.165, 1.54) is 18.3 Å². The minimum atomic E-state index is -1.03. The summed E-state index contributed by atoms with van der Waals surface area (Å²) < 4.78 is 0. The lowest BCUT2D eigenvalue weighted by Crippen LogP contribution is -1.97. The SMILES string of the molecule is O=C(O)c1ccc(-c2cc(Cl)c(Cl)cc2Cl)nc1. The monoisotopic (exact) mass is 301 g/mol. The lowest BCUT2D eigenvalue weighted by atomic mass is 10.1. The van der Waals surface area contributed by atoms with Crippen molar-refractivity contribution in [2.75, 3.05) is 0 Å². The second-order valence-electron chi connectivity index (χ2n) is 3.48. The van der Waals surface area contributed by atoms with Crippen LogP contribution < -0.4 is 0 Å². The van der Waals surface area contributed by atoms with Crippen molar-refractivity contribution in [3.63, 3.8) is 0 Å². The van der Waals surface area contributed by atoms with Crippen LogP contribution in [0.3, 0.4) is 0 Å². The van der Waals surface area contributed by atoms with Crippen molar-refractivity contribution in [3.8, 4) is 11.3 Å². The van der Waals surface area contributed by atoms with Gasteiger partial charge in [0.2, 0.25) is 0 Å². The molecule has 0 aliphatic rings. The lowest BCUT2D eigenvalue weighted by Gasteiger charge is -2.06. The van der Waals surface area contributed by atoms with Gasteiger partial charge in [-0.1, -0.05) is 34.8 Å². The number of rotatable bonds is 2. The van der Waals surface area contributed by atoms with Crippen LogP contribution in [0.4, 0.5) is 0 Å². The highest BCUT2D eigenvalue weighted by Crippen LogP contribution is 2.34. The Morgan fingerprint density at radius 1 is 1.06 bits per heavy atom. The second-order valence-corrected chi connectivity index (χ2v) is 4.71. The van der Waals surface area contributed by atoms with Gasteiger partial charge in [0.05, 0.1) is 26.3 Å². The van der Waals surface area contributed by atoms with E-state index < -0.39 is 5.97 Å². The standard InChI is InChI=1S/C12H6Cl3NO2/c13-8-4-10(15)9(14)3-7(8)11-2-1-6(5-16-11)12(17)18/h1-5H,(H,17,18). The average molecular weight is 303 g/mol. The lowest BCUT2D eigenvalue weighted by molar-refractivity contribution is 0.0696. The number of hydrogen-bond donors (Lipinski definition) is 1. The van der Waals surface area contributed by atoms with Crippen molar-refractivity contribution in [2.24, 2.45) is 0 Å². The molecule has 1 N–H and O–H groups in total. The van der Waals surface area contributed by atoms with Crippen LogP contribution in [0.5, 0.6) is 0 Å². The fourth-order valence-corrected chi connectivity index (χ4v) is 2.04. The number of benzene rings is 1. The molecule has 6 heteroatoms. The minimum absolute atomic E-state index is 0.106.